The Bertz CT molecular complexity index is 1610. The molecule has 0 aliphatic carbocycles. The van der Waals surface area contributed by atoms with E-state index in [1.165, 1.54) is 12.1 Å². The summed E-state index contributed by atoms with van der Waals surface area (Å²) in [5, 5.41) is 9.94. The largest absolute Gasteiger partial charge is 0.416 e. The number of anilines is 5. The maximum Gasteiger partial charge on any atom is 0.416 e. The standard InChI is InChI=1S/C27H18F5N5O2/c28-20-7-3-14(27(30,31)32)10-23(20)36-26(39)37-24-13-17(5-8-21(24)29)34-16-4-6-18-19(11-15-2-1-9-33-15)25(38)35-22(18)12-16/h1-13,33-34H,(H,35,38)(H2,36,37,39). The summed E-state index contributed by atoms with van der Waals surface area (Å²) in [6.07, 6.45) is -1.28. The van der Waals surface area contributed by atoms with Gasteiger partial charge in [-0.1, -0.05) is 6.07 Å². The number of aromatic nitrogens is 1. The first-order valence-electron chi connectivity index (χ1n) is 11.4. The smallest absolute Gasteiger partial charge is 0.362 e. The number of benzene rings is 3. The molecule has 0 unspecified atom stereocenters. The van der Waals surface area contributed by atoms with Crippen LogP contribution in [-0.4, -0.2) is 16.9 Å². The summed E-state index contributed by atoms with van der Waals surface area (Å²) < 4.78 is 67.1. The Labute approximate surface area is 217 Å². The number of carbonyl (C=O) groups excluding carboxylic acids is 2. The van der Waals surface area contributed by atoms with Crippen molar-refractivity contribution in [2.45, 2.75) is 6.18 Å². The molecule has 0 spiro atoms. The number of H-pyrrole nitrogens is 1. The molecule has 0 bridgehead atoms. The Morgan fingerprint density at radius 1 is 0.846 bits per heavy atom. The van der Waals surface area contributed by atoms with Crippen molar-refractivity contribution >= 4 is 52.0 Å². The lowest BCUT2D eigenvalue weighted by molar-refractivity contribution is -0.137. The minimum atomic E-state index is -4.74. The third kappa shape index (κ3) is 5.59. The third-order valence-corrected chi connectivity index (χ3v) is 5.77. The summed E-state index contributed by atoms with van der Waals surface area (Å²) in [5.41, 5.74) is 1.21. The first-order chi connectivity index (χ1) is 18.6. The normalized spacial score (nSPS) is 13.7. The Kier molecular flexibility index (Phi) is 6.52. The lowest BCUT2D eigenvalue weighted by Gasteiger charge is -2.13. The number of hydrogen-bond donors (Lipinski definition) is 5. The first-order valence-corrected chi connectivity index (χ1v) is 11.4. The Morgan fingerprint density at radius 3 is 2.21 bits per heavy atom. The summed E-state index contributed by atoms with van der Waals surface area (Å²) in [7, 11) is 0. The van der Waals surface area contributed by atoms with E-state index in [1.807, 2.05) is 17.4 Å². The number of nitrogens with one attached hydrogen (secondary N) is 5. The van der Waals surface area contributed by atoms with Gasteiger partial charge in [0.25, 0.3) is 5.91 Å². The van der Waals surface area contributed by atoms with Crippen molar-refractivity contribution in [1.82, 2.24) is 4.98 Å². The van der Waals surface area contributed by atoms with Crippen molar-refractivity contribution in [2.24, 2.45) is 0 Å². The van der Waals surface area contributed by atoms with Crippen LogP contribution >= 0.6 is 0 Å². The second-order valence-corrected chi connectivity index (χ2v) is 8.49. The molecule has 2 heterocycles. The minimum Gasteiger partial charge on any atom is -0.362 e. The van der Waals surface area contributed by atoms with Crippen LogP contribution in [0.5, 0.6) is 0 Å². The number of alkyl halides is 3. The zero-order valence-electron chi connectivity index (χ0n) is 19.7. The fourth-order valence-corrected chi connectivity index (χ4v) is 3.94. The average molecular weight is 539 g/mol. The van der Waals surface area contributed by atoms with Crippen LogP contribution in [-0.2, 0) is 11.0 Å². The van der Waals surface area contributed by atoms with Gasteiger partial charge in [0.1, 0.15) is 11.6 Å². The van der Waals surface area contributed by atoms with Gasteiger partial charge in [0, 0.05) is 28.8 Å². The van der Waals surface area contributed by atoms with Crippen LogP contribution in [0.25, 0.3) is 11.6 Å². The molecule has 0 saturated carbocycles. The molecule has 3 amide bonds. The van der Waals surface area contributed by atoms with Crippen molar-refractivity contribution in [3.05, 3.63) is 101 Å². The van der Waals surface area contributed by atoms with Crippen molar-refractivity contribution in [3.63, 3.8) is 0 Å². The van der Waals surface area contributed by atoms with Gasteiger partial charge in [-0.15, -0.1) is 0 Å². The average Bonchev–Trinajstić information content (AvgIpc) is 3.49. The van der Waals surface area contributed by atoms with Crippen molar-refractivity contribution in [1.29, 1.82) is 0 Å². The van der Waals surface area contributed by atoms with Gasteiger partial charge in [0.2, 0.25) is 0 Å². The molecule has 0 fully saturated rings. The molecule has 5 N–H and O–H groups in total. The Morgan fingerprint density at radius 2 is 1.51 bits per heavy atom. The molecule has 3 aromatic carbocycles. The van der Waals surface area contributed by atoms with E-state index in [2.05, 4.69) is 20.9 Å². The van der Waals surface area contributed by atoms with E-state index in [9.17, 15) is 31.5 Å². The summed E-state index contributed by atoms with van der Waals surface area (Å²) in [4.78, 5) is 27.8. The van der Waals surface area contributed by atoms with E-state index in [1.54, 1.807) is 30.5 Å². The fraction of sp³-hybridized carbons (Fsp3) is 0.0370. The van der Waals surface area contributed by atoms with E-state index >= 15 is 0 Å². The summed E-state index contributed by atoms with van der Waals surface area (Å²) >= 11 is 0. The van der Waals surface area contributed by atoms with E-state index < -0.39 is 35.1 Å². The van der Waals surface area contributed by atoms with E-state index in [0.29, 0.717) is 46.4 Å². The topological polar surface area (TPSA) is 98.1 Å². The number of rotatable bonds is 5. The second-order valence-electron chi connectivity index (χ2n) is 8.49. The number of hydrogen-bond acceptors (Lipinski definition) is 3. The van der Waals surface area contributed by atoms with Crippen molar-refractivity contribution in [2.75, 3.05) is 21.3 Å². The summed E-state index contributed by atoms with van der Waals surface area (Å²) in [6.45, 7) is 0. The van der Waals surface area contributed by atoms with Gasteiger partial charge in [-0.25, -0.2) is 13.6 Å². The molecule has 0 radical (unpaired) electrons. The molecule has 39 heavy (non-hydrogen) atoms. The molecule has 198 valence electrons. The molecule has 4 aromatic rings. The zero-order chi connectivity index (χ0) is 27.7. The highest BCUT2D eigenvalue weighted by molar-refractivity contribution is 6.35. The van der Waals surface area contributed by atoms with Gasteiger partial charge in [0.05, 0.1) is 28.2 Å². The van der Waals surface area contributed by atoms with Gasteiger partial charge in [-0.05, 0) is 66.7 Å². The molecule has 7 nitrogen and oxygen atoms in total. The highest BCUT2D eigenvalue weighted by Crippen LogP contribution is 2.36. The number of aromatic amines is 1. The van der Waals surface area contributed by atoms with Gasteiger partial charge in [-0.3, -0.25) is 4.79 Å². The molecule has 0 saturated heterocycles. The van der Waals surface area contributed by atoms with Crippen LogP contribution < -0.4 is 21.3 Å². The molecule has 12 heteroatoms. The van der Waals surface area contributed by atoms with Crippen LogP contribution in [0.15, 0.2) is 72.9 Å². The van der Waals surface area contributed by atoms with Crippen LogP contribution in [0.1, 0.15) is 16.8 Å². The van der Waals surface area contributed by atoms with E-state index in [0.717, 1.165) is 11.8 Å². The molecule has 1 aliphatic heterocycles. The van der Waals surface area contributed by atoms with Crippen LogP contribution in [0.3, 0.4) is 0 Å². The number of halogens is 5. The predicted octanol–water partition coefficient (Wildman–Crippen LogP) is 7.19. The SMILES string of the molecule is O=C(Nc1cc(Nc2ccc3c(c2)NC(=O)C3=Cc2ccc[nH]2)ccc1F)Nc1cc(C(F)(F)F)ccc1F. The predicted molar refractivity (Wildman–Crippen MR) is 137 cm³/mol. The first kappa shape index (κ1) is 25.5. The molecule has 1 aliphatic rings. The highest BCUT2D eigenvalue weighted by atomic mass is 19.4. The maximum absolute atomic E-state index is 14.4. The number of fused-ring (bicyclic) bond motifs is 1. The van der Waals surface area contributed by atoms with Crippen molar-refractivity contribution in [3.8, 4) is 0 Å². The van der Waals surface area contributed by atoms with Crippen LogP contribution in [0, 0.1) is 11.6 Å². The Hall–Kier alpha value is -5.13. The lowest BCUT2D eigenvalue weighted by atomic mass is 10.1. The summed E-state index contributed by atoms with van der Waals surface area (Å²) in [6, 6.07) is 12.9. The fourth-order valence-electron chi connectivity index (χ4n) is 3.94. The quantitative estimate of drug-likeness (QED) is 0.137. The zero-order valence-corrected chi connectivity index (χ0v) is 19.7. The van der Waals surface area contributed by atoms with Crippen molar-refractivity contribution < 1.29 is 31.5 Å². The number of amides is 3. The Balaban J connectivity index is 1.31. The van der Waals surface area contributed by atoms with Gasteiger partial charge in [-0.2, -0.15) is 13.2 Å². The van der Waals surface area contributed by atoms with Crippen LogP contribution in [0.2, 0.25) is 0 Å². The van der Waals surface area contributed by atoms with E-state index in [4.69, 9.17) is 0 Å². The number of urea groups is 1. The molecule has 1 aromatic heterocycles. The van der Waals surface area contributed by atoms with Gasteiger partial charge >= 0.3 is 12.2 Å². The monoisotopic (exact) mass is 539 g/mol. The highest BCUT2D eigenvalue weighted by Gasteiger charge is 2.31. The minimum absolute atomic E-state index is 0.270. The van der Waals surface area contributed by atoms with E-state index in [-0.39, 0.29) is 11.6 Å². The summed E-state index contributed by atoms with van der Waals surface area (Å²) in [5.74, 6) is -2.20. The molecular formula is C27H18F5N5O2. The van der Waals surface area contributed by atoms with Gasteiger partial charge < -0.3 is 26.3 Å². The second kappa shape index (κ2) is 9.97. The molecule has 5 rings (SSSR count). The lowest BCUT2D eigenvalue weighted by Crippen LogP contribution is -2.21. The molecule has 0 atom stereocenters. The maximum atomic E-state index is 14.4. The number of carbonyl (C=O) groups is 2. The third-order valence-electron chi connectivity index (χ3n) is 5.77. The van der Waals surface area contributed by atoms with Crippen LogP contribution in [0.4, 0.5) is 55.2 Å². The van der Waals surface area contributed by atoms with Gasteiger partial charge in [0.15, 0.2) is 0 Å². The molecular weight excluding hydrogens is 521 g/mol.